The minimum Gasteiger partial charge on any atom is -0.462 e. The minimum absolute atomic E-state index is 0.0735. The van der Waals surface area contributed by atoms with E-state index in [-0.39, 0.29) is 19.4 Å². The van der Waals surface area contributed by atoms with E-state index >= 15 is 0 Å². The van der Waals surface area contributed by atoms with Crippen LogP contribution >= 0.6 is 0 Å². The molecule has 13 heteroatoms. The maximum absolute atomic E-state index is 12.8. The van der Waals surface area contributed by atoms with Gasteiger partial charge in [-0.05, 0) is 89.9 Å². The Labute approximate surface area is 385 Å². The van der Waals surface area contributed by atoms with Crippen molar-refractivity contribution in [1.29, 1.82) is 0 Å². The van der Waals surface area contributed by atoms with Gasteiger partial charge >= 0.3 is 11.9 Å². The highest BCUT2D eigenvalue weighted by molar-refractivity contribution is 7.85. The highest BCUT2D eigenvalue weighted by atomic mass is 32.2. The Kier molecular flexibility index (Phi) is 36.5. The zero-order chi connectivity index (χ0) is 46.9. The van der Waals surface area contributed by atoms with E-state index in [0.717, 1.165) is 64.2 Å². The third kappa shape index (κ3) is 34.0. The molecule has 0 aliphatic carbocycles. The van der Waals surface area contributed by atoms with Crippen LogP contribution in [0.1, 0.15) is 155 Å². The number of carbonyl (C=O) groups is 2. The first-order chi connectivity index (χ1) is 31.0. The van der Waals surface area contributed by atoms with Gasteiger partial charge in [0.25, 0.3) is 10.1 Å². The Morgan fingerprint density at radius 2 is 1.00 bits per heavy atom. The molecule has 64 heavy (non-hydrogen) atoms. The van der Waals surface area contributed by atoms with Crippen LogP contribution in [0.25, 0.3) is 0 Å². The quantitative estimate of drug-likeness (QED) is 0.0199. The van der Waals surface area contributed by atoms with Crippen molar-refractivity contribution in [3.8, 4) is 0 Å². The molecular weight excluding hydrogens is 837 g/mol. The summed E-state index contributed by atoms with van der Waals surface area (Å²) in [5.41, 5.74) is 0. The molecule has 0 spiro atoms. The molecular formula is C51H82O12S. The fourth-order valence-electron chi connectivity index (χ4n) is 6.48. The lowest BCUT2D eigenvalue weighted by Crippen LogP contribution is -2.60. The molecule has 0 amide bonds. The summed E-state index contributed by atoms with van der Waals surface area (Å²) in [4.78, 5) is 25.4. The summed E-state index contributed by atoms with van der Waals surface area (Å²) >= 11 is 0. The van der Waals surface area contributed by atoms with Gasteiger partial charge in [-0.2, -0.15) is 8.42 Å². The summed E-state index contributed by atoms with van der Waals surface area (Å²) in [6, 6.07) is 0. The van der Waals surface area contributed by atoms with E-state index < -0.39 is 71.2 Å². The molecule has 364 valence electrons. The molecule has 2 unspecified atom stereocenters. The molecule has 0 radical (unpaired) electrons. The normalized spacial score (nSPS) is 20.5. The number of allylic oxidation sites excluding steroid dienone is 16. The number of ether oxygens (including phenoxy) is 4. The van der Waals surface area contributed by atoms with Crippen molar-refractivity contribution >= 4 is 22.1 Å². The van der Waals surface area contributed by atoms with E-state index in [9.17, 15) is 37.9 Å². The molecule has 0 aromatic carbocycles. The number of carbonyl (C=O) groups excluding carboxylic acids is 2. The van der Waals surface area contributed by atoms with E-state index in [0.29, 0.717) is 19.3 Å². The molecule has 1 aliphatic rings. The Morgan fingerprint density at radius 1 is 0.547 bits per heavy atom. The second-order valence-electron chi connectivity index (χ2n) is 16.0. The molecule has 1 saturated heterocycles. The van der Waals surface area contributed by atoms with Crippen molar-refractivity contribution in [2.24, 2.45) is 0 Å². The molecule has 1 fully saturated rings. The zero-order valence-corrected chi connectivity index (χ0v) is 39.7. The van der Waals surface area contributed by atoms with Crippen LogP contribution in [-0.2, 0) is 38.7 Å². The third-order valence-corrected chi connectivity index (χ3v) is 10.9. The van der Waals surface area contributed by atoms with Gasteiger partial charge in [-0.25, -0.2) is 0 Å². The molecule has 0 saturated carbocycles. The first kappa shape index (κ1) is 58.6. The van der Waals surface area contributed by atoms with E-state index in [4.69, 9.17) is 18.9 Å². The van der Waals surface area contributed by atoms with Gasteiger partial charge in [0.05, 0.1) is 6.61 Å². The summed E-state index contributed by atoms with van der Waals surface area (Å²) in [5, 5.41) is 30.9. The van der Waals surface area contributed by atoms with Crippen molar-refractivity contribution in [3.05, 3.63) is 97.2 Å². The Bertz CT molecular complexity index is 1540. The third-order valence-electron chi connectivity index (χ3n) is 10.1. The number of unbranched alkanes of at least 4 members (excludes halogenated alkanes) is 10. The van der Waals surface area contributed by atoms with Gasteiger partial charge in [-0.1, -0.05) is 150 Å². The monoisotopic (exact) mass is 919 g/mol. The van der Waals surface area contributed by atoms with Crippen molar-refractivity contribution < 1.29 is 56.8 Å². The molecule has 4 N–H and O–H groups in total. The lowest BCUT2D eigenvalue weighted by atomic mass is 10.00. The topological polar surface area (TPSA) is 186 Å². The maximum atomic E-state index is 12.8. The van der Waals surface area contributed by atoms with Gasteiger partial charge < -0.3 is 34.3 Å². The Hall–Kier alpha value is -3.43. The summed E-state index contributed by atoms with van der Waals surface area (Å²) < 4.78 is 54.0. The minimum atomic E-state index is -4.62. The highest BCUT2D eigenvalue weighted by Gasteiger charge is 2.46. The van der Waals surface area contributed by atoms with E-state index in [1.807, 2.05) is 12.2 Å². The average Bonchev–Trinajstić information content (AvgIpc) is 3.26. The van der Waals surface area contributed by atoms with Crippen molar-refractivity contribution in [3.63, 3.8) is 0 Å². The summed E-state index contributed by atoms with van der Waals surface area (Å²) in [5.74, 6) is -2.13. The largest absolute Gasteiger partial charge is 0.462 e. The van der Waals surface area contributed by atoms with E-state index in [1.54, 1.807) is 0 Å². The highest BCUT2D eigenvalue weighted by Crippen LogP contribution is 2.24. The second kappa shape index (κ2) is 39.9. The van der Waals surface area contributed by atoms with Gasteiger partial charge in [0.1, 0.15) is 36.8 Å². The number of hydrogen-bond acceptors (Lipinski definition) is 11. The zero-order valence-electron chi connectivity index (χ0n) is 38.8. The molecule has 1 aliphatic heterocycles. The van der Waals surface area contributed by atoms with Crippen LogP contribution in [0.4, 0.5) is 0 Å². The van der Waals surface area contributed by atoms with Gasteiger partial charge in [0.15, 0.2) is 12.4 Å². The van der Waals surface area contributed by atoms with Crippen LogP contribution in [0.5, 0.6) is 0 Å². The SMILES string of the molecule is CC/C=C/C/C=C/C/C=C/C/C=C/CCCCC(=O)OC[C@H](CO[C@H]1O[C@H](CS(=O)(=O)O)[C@@H](O)C(O)C1O)OC(=O)CCC/C=C/C/C=C/C/C=C/C/C=C/CCCCCCCCC. The summed E-state index contributed by atoms with van der Waals surface area (Å²) in [6.07, 6.45) is 44.6. The van der Waals surface area contributed by atoms with Crippen LogP contribution in [0.15, 0.2) is 97.2 Å². The average molecular weight is 919 g/mol. The first-order valence-corrected chi connectivity index (χ1v) is 25.4. The van der Waals surface area contributed by atoms with E-state index in [2.05, 4.69) is 98.9 Å². The molecule has 0 aromatic heterocycles. The molecule has 0 bridgehead atoms. The standard InChI is InChI=1S/C51H82O12S/c1-3-5-7-9-11-13-15-17-19-20-21-22-23-24-26-28-30-32-34-36-38-40-47(53)62-44(42-61-51-50(56)49(55)48(54)45(63-51)43-64(57,58)59)41-60-46(52)39-37-35-33-31-29-27-25-18-16-14-12-10-8-6-4-2/h6,8,12,14,18-20,22-23,25-26,28-29,31-32,34,44-45,48-51,54-56H,3-5,7,9-11,13,15-17,21,24,27,30,33,35-43H2,1-2H3,(H,57,58,59)/b8-6+,14-12+,20-19+,23-22+,25-18+,28-26+,31-29+,34-32+/t44-,45-,48-,49?,50?,51+/m1/s1. The Morgan fingerprint density at radius 3 is 1.52 bits per heavy atom. The van der Waals surface area contributed by atoms with E-state index in [1.165, 1.54) is 44.9 Å². The molecule has 6 atom stereocenters. The van der Waals surface area contributed by atoms with Crippen LogP contribution in [0.2, 0.25) is 0 Å². The van der Waals surface area contributed by atoms with Gasteiger partial charge in [0, 0.05) is 12.8 Å². The van der Waals surface area contributed by atoms with Crippen LogP contribution in [-0.4, -0.2) is 96.0 Å². The maximum Gasteiger partial charge on any atom is 0.306 e. The summed E-state index contributed by atoms with van der Waals surface area (Å²) in [7, 11) is -4.62. The van der Waals surface area contributed by atoms with Gasteiger partial charge in [-0.15, -0.1) is 0 Å². The van der Waals surface area contributed by atoms with Gasteiger partial charge in [-0.3, -0.25) is 14.1 Å². The van der Waals surface area contributed by atoms with Crippen LogP contribution in [0.3, 0.4) is 0 Å². The summed E-state index contributed by atoms with van der Waals surface area (Å²) in [6.45, 7) is 3.55. The fraction of sp³-hybridized carbons (Fsp3) is 0.647. The fourth-order valence-corrected chi connectivity index (χ4v) is 7.17. The van der Waals surface area contributed by atoms with Crippen molar-refractivity contribution in [2.75, 3.05) is 19.0 Å². The number of esters is 2. The molecule has 0 aromatic rings. The second-order valence-corrected chi connectivity index (χ2v) is 17.5. The van der Waals surface area contributed by atoms with Gasteiger partial charge in [0.2, 0.25) is 0 Å². The lowest BCUT2D eigenvalue weighted by molar-refractivity contribution is -0.297. The van der Waals surface area contributed by atoms with Crippen molar-refractivity contribution in [1.82, 2.24) is 0 Å². The predicted molar refractivity (Wildman–Crippen MR) is 256 cm³/mol. The Balaban J connectivity index is 2.50. The number of rotatable bonds is 38. The predicted octanol–water partition coefficient (Wildman–Crippen LogP) is 10.2. The molecule has 1 heterocycles. The molecule has 12 nitrogen and oxygen atoms in total. The van der Waals surface area contributed by atoms with Crippen LogP contribution < -0.4 is 0 Å². The first-order valence-electron chi connectivity index (χ1n) is 23.8. The lowest BCUT2D eigenvalue weighted by Gasteiger charge is -2.40. The smallest absolute Gasteiger partial charge is 0.306 e. The van der Waals surface area contributed by atoms with Crippen molar-refractivity contribution in [2.45, 2.75) is 192 Å². The number of aliphatic hydroxyl groups is 3. The number of aliphatic hydroxyl groups excluding tert-OH is 3. The van der Waals surface area contributed by atoms with Crippen LogP contribution in [0, 0.1) is 0 Å². The number of hydrogen-bond donors (Lipinski definition) is 4. The molecule has 1 rings (SSSR count).